The van der Waals surface area contributed by atoms with Gasteiger partial charge in [0.25, 0.3) is 0 Å². The molecule has 0 radical (unpaired) electrons. The lowest BCUT2D eigenvalue weighted by Gasteiger charge is -2.21. The van der Waals surface area contributed by atoms with Gasteiger partial charge in [0, 0.05) is 18.0 Å². The van der Waals surface area contributed by atoms with E-state index in [-0.39, 0.29) is 0 Å². The predicted molar refractivity (Wildman–Crippen MR) is 89.6 cm³/mol. The summed E-state index contributed by atoms with van der Waals surface area (Å²) in [5, 5.41) is 5.34. The number of nitrogens with zero attached hydrogens (tertiary/aromatic N) is 1. The highest BCUT2D eigenvalue weighted by Crippen LogP contribution is 2.60. The van der Waals surface area contributed by atoms with E-state index in [4.69, 9.17) is 5.73 Å². The van der Waals surface area contributed by atoms with Gasteiger partial charge in [-0.1, -0.05) is 6.07 Å². The average molecular weight is 310 g/mol. The summed E-state index contributed by atoms with van der Waals surface area (Å²) in [5.41, 5.74) is 6.59. The molecule has 1 aromatic rings. The second kappa shape index (κ2) is 6.39. The number of nitrogens with one attached hydrogen (secondary N) is 1. The fraction of sp³-hybridized carbons (Fsp3) is 0.667. The molecule has 1 saturated heterocycles. The van der Waals surface area contributed by atoms with Crippen molar-refractivity contribution in [1.29, 1.82) is 0 Å². The van der Waals surface area contributed by atoms with Gasteiger partial charge in [-0.2, -0.15) is 11.8 Å². The van der Waals surface area contributed by atoms with Gasteiger partial charge in [0.05, 0.1) is 0 Å². The van der Waals surface area contributed by atoms with Crippen LogP contribution in [0.25, 0.3) is 0 Å². The average Bonchev–Trinajstić information content (AvgIpc) is 2.89. The van der Waals surface area contributed by atoms with Crippen LogP contribution in [0.5, 0.6) is 0 Å². The van der Waals surface area contributed by atoms with Gasteiger partial charge in [0.2, 0.25) is 0 Å². The van der Waals surface area contributed by atoms with E-state index < -0.39 is 0 Å². The van der Waals surface area contributed by atoms with E-state index in [1.807, 2.05) is 0 Å². The molecule has 5 heteroatoms. The van der Waals surface area contributed by atoms with Crippen LogP contribution in [-0.2, 0) is 6.42 Å². The summed E-state index contributed by atoms with van der Waals surface area (Å²) in [5.74, 6) is 4.10. The minimum absolute atomic E-state index is 0.619. The summed E-state index contributed by atoms with van der Waals surface area (Å²) < 4.78 is 0. The normalized spacial score (nSPS) is 24.8. The van der Waals surface area contributed by atoms with Crippen LogP contribution in [-0.4, -0.2) is 30.6 Å². The van der Waals surface area contributed by atoms with Crippen molar-refractivity contribution in [3.05, 3.63) is 22.4 Å². The third-order valence-corrected chi connectivity index (χ3v) is 6.51. The zero-order valence-electron chi connectivity index (χ0n) is 11.8. The number of guanidine groups is 1. The molecule has 1 aromatic heterocycles. The molecule has 2 aliphatic rings. The molecule has 3 rings (SSSR count). The fourth-order valence-corrected chi connectivity index (χ4v) is 5.13. The molecule has 2 heterocycles. The summed E-state index contributed by atoms with van der Waals surface area (Å²) in [6, 6.07) is 4.25. The highest BCUT2D eigenvalue weighted by Gasteiger charge is 2.53. The van der Waals surface area contributed by atoms with Crippen LogP contribution in [0, 0.1) is 11.3 Å². The maximum atomic E-state index is 5.95. The van der Waals surface area contributed by atoms with E-state index in [0.717, 1.165) is 25.4 Å². The first-order valence-corrected chi connectivity index (χ1v) is 9.46. The molecule has 110 valence electrons. The molecule has 1 saturated carbocycles. The van der Waals surface area contributed by atoms with Crippen molar-refractivity contribution in [1.82, 2.24) is 5.32 Å². The Morgan fingerprint density at radius 3 is 3.05 bits per heavy atom. The van der Waals surface area contributed by atoms with Crippen molar-refractivity contribution < 1.29 is 0 Å². The third-order valence-electron chi connectivity index (χ3n) is 4.59. The van der Waals surface area contributed by atoms with E-state index in [9.17, 15) is 0 Å². The second-order valence-corrected chi connectivity index (χ2v) is 8.11. The maximum absolute atomic E-state index is 5.95. The lowest BCUT2D eigenvalue weighted by Crippen LogP contribution is -2.33. The molecular formula is C15H23N3S2. The second-order valence-electron chi connectivity index (χ2n) is 5.86. The Balaban J connectivity index is 1.36. The van der Waals surface area contributed by atoms with Crippen LogP contribution >= 0.6 is 23.1 Å². The zero-order valence-corrected chi connectivity index (χ0v) is 13.4. The summed E-state index contributed by atoms with van der Waals surface area (Å²) in [4.78, 5) is 5.93. The minimum atomic E-state index is 0.619. The molecule has 20 heavy (non-hydrogen) atoms. The van der Waals surface area contributed by atoms with Crippen molar-refractivity contribution >= 4 is 29.1 Å². The van der Waals surface area contributed by atoms with E-state index in [1.165, 1.54) is 35.6 Å². The van der Waals surface area contributed by atoms with Crippen LogP contribution in [0.15, 0.2) is 22.5 Å². The van der Waals surface area contributed by atoms with E-state index >= 15 is 0 Å². The van der Waals surface area contributed by atoms with Crippen molar-refractivity contribution in [2.24, 2.45) is 22.1 Å². The molecule has 0 bridgehead atoms. The minimum Gasteiger partial charge on any atom is -0.370 e. The molecule has 2 fully saturated rings. The van der Waals surface area contributed by atoms with Crippen LogP contribution in [0.1, 0.15) is 24.1 Å². The van der Waals surface area contributed by atoms with Crippen LogP contribution < -0.4 is 11.1 Å². The van der Waals surface area contributed by atoms with Crippen LogP contribution in [0.4, 0.5) is 0 Å². The molecule has 1 atom stereocenters. The van der Waals surface area contributed by atoms with Gasteiger partial charge >= 0.3 is 0 Å². The van der Waals surface area contributed by atoms with Gasteiger partial charge in [-0.05, 0) is 60.0 Å². The van der Waals surface area contributed by atoms with Crippen LogP contribution in [0.3, 0.4) is 0 Å². The summed E-state index contributed by atoms with van der Waals surface area (Å²) in [6.07, 6.45) is 5.19. The van der Waals surface area contributed by atoms with Gasteiger partial charge in [-0.15, -0.1) is 11.3 Å². The Morgan fingerprint density at radius 1 is 1.45 bits per heavy atom. The Labute approximate surface area is 129 Å². The standard InChI is InChI=1S/C15H23N3S2/c16-14(17-6-3-13-2-1-7-20-13)18-11-12-10-15(12)4-8-19-9-5-15/h1-2,7,12H,3-6,8-11H2,(H3,16,17,18). The molecule has 0 amide bonds. The van der Waals surface area contributed by atoms with Crippen molar-refractivity contribution in [3.8, 4) is 0 Å². The van der Waals surface area contributed by atoms with Crippen molar-refractivity contribution in [2.75, 3.05) is 24.6 Å². The molecule has 0 aromatic carbocycles. The highest BCUT2D eigenvalue weighted by atomic mass is 32.2. The Bertz CT molecular complexity index is 450. The molecular weight excluding hydrogens is 286 g/mol. The van der Waals surface area contributed by atoms with Gasteiger partial charge in [-0.25, -0.2) is 0 Å². The summed E-state index contributed by atoms with van der Waals surface area (Å²) in [6.45, 7) is 1.80. The van der Waals surface area contributed by atoms with Crippen molar-refractivity contribution in [3.63, 3.8) is 0 Å². The number of rotatable bonds is 5. The number of thioether (sulfide) groups is 1. The van der Waals surface area contributed by atoms with E-state index in [1.54, 1.807) is 11.3 Å². The molecule has 1 spiro atoms. The summed E-state index contributed by atoms with van der Waals surface area (Å²) >= 11 is 3.90. The fourth-order valence-electron chi connectivity index (χ4n) is 3.11. The Morgan fingerprint density at radius 2 is 2.30 bits per heavy atom. The quantitative estimate of drug-likeness (QED) is 0.649. The number of hydrogen-bond acceptors (Lipinski definition) is 3. The SMILES string of the molecule is NC(=NCC1CC12CCSCC2)NCCc1cccs1. The lowest BCUT2D eigenvalue weighted by atomic mass is 9.96. The molecule has 3 N–H and O–H groups in total. The summed E-state index contributed by atoms with van der Waals surface area (Å²) in [7, 11) is 0. The van der Waals surface area contributed by atoms with Crippen LogP contribution in [0.2, 0.25) is 0 Å². The zero-order chi connectivity index (χ0) is 13.8. The van der Waals surface area contributed by atoms with Gasteiger partial charge in [0.1, 0.15) is 0 Å². The predicted octanol–water partition coefficient (Wildman–Crippen LogP) is 2.73. The number of hydrogen-bond donors (Lipinski definition) is 2. The first kappa shape index (κ1) is 14.3. The first-order chi connectivity index (χ1) is 9.78. The Kier molecular flexibility index (Phi) is 4.56. The largest absolute Gasteiger partial charge is 0.370 e. The monoisotopic (exact) mass is 309 g/mol. The van der Waals surface area contributed by atoms with E-state index in [0.29, 0.717) is 11.4 Å². The highest BCUT2D eigenvalue weighted by molar-refractivity contribution is 7.99. The lowest BCUT2D eigenvalue weighted by molar-refractivity contribution is 0.422. The Hall–Kier alpha value is -0.680. The molecule has 3 nitrogen and oxygen atoms in total. The number of aliphatic imine (C=N–C) groups is 1. The molecule has 1 unspecified atom stereocenters. The topological polar surface area (TPSA) is 50.4 Å². The van der Waals surface area contributed by atoms with E-state index in [2.05, 4.69) is 39.6 Å². The van der Waals surface area contributed by atoms with Crippen molar-refractivity contribution in [2.45, 2.75) is 25.7 Å². The number of thiophene rings is 1. The van der Waals surface area contributed by atoms with Gasteiger partial charge < -0.3 is 11.1 Å². The smallest absolute Gasteiger partial charge is 0.188 e. The first-order valence-electron chi connectivity index (χ1n) is 7.42. The molecule has 1 aliphatic carbocycles. The molecule has 1 aliphatic heterocycles. The maximum Gasteiger partial charge on any atom is 0.188 e. The van der Waals surface area contributed by atoms with Gasteiger partial charge in [0.15, 0.2) is 5.96 Å². The third kappa shape index (κ3) is 3.50. The number of nitrogens with two attached hydrogens (primary N) is 1. The van der Waals surface area contributed by atoms with Gasteiger partial charge in [-0.3, -0.25) is 4.99 Å².